The molecule has 0 radical (unpaired) electrons. The monoisotopic (exact) mass is 484 g/mol. The second-order valence-corrected chi connectivity index (χ2v) is 8.71. The topological polar surface area (TPSA) is 118 Å². The van der Waals surface area contributed by atoms with Crippen LogP contribution >= 0.6 is 0 Å². The van der Waals surface area contributed by atoms with Crippen molar-refractivity contribution in [2.75, 3.05) is 49.1 Å². The van der Waals surface area contributed by atoms with E-state index in [1.54, 1.807) is 18.2 Å². The van der Waals surface area contributed by atoms with Crippen molar-refractivity contribution in [3.8, 4) is 0 Å². The van der Waals surface area contributed by atoms with Crippen molar-refractivity contribution in [2.45, 2.75) is 19.6 Å². The van der Waals surface area contributed by atoms with Gasteiger partial charge in [0.15, 0.2) is 0 Å². The van der Waals surface area contributed by atoms with Gasteiger partial charge in [-0.3, -0.25) is 19.2 Å². The van der Waals surface area contributed by atoms with Gasteiger partial charge in [-0.15, -0.1) is 0 Å². The van der Waals surface area contributed by atoms with Gasteiger partial charge in [0.2, 0.25) is 16.9 Å². The molecule has 0 spiro atoms. The zero-order valence-electron chi connectivity index (χ0n) is 19.1. The smallest absolute Gasteiger partial charge is 0.414 e. The molecule has 1 N–H and O–H groups in total. The molecule has 184 valence electrons. The van der Waals surface area contributed by atoms with Crippen LogP contribution in [0.1, 0.15) is 12.5 Å². The summed E-state index contributed by atoms with van der Waals surface area (Å²) in [5, 5.41) is 17.8. The molecule has 3 heterocycles. The SMILES string of the molecule is CC(=O)NC[C@H]1CN(c2ccc(N3CCN(Cc4ccc5c(c4)no[n+]5[O-])CC3)c(F)c2)C(=O)O1. The first-order valence-electron chi connectivity index (χ1n) is 11.3. The van der Waals surface area contributed by atoms with E-state index >= 15 is 4.39 Å². The van der Waals surface area contributed by atoms with Crippen molar-refractivity contribution >= 4 is 34.4 Å². The van der Waals surface area contributed by atoms with Gasteiger partial charge in [0.05, 0.1) is 24.5 Å². The number of hydrogen-bond acceptors (Lipinski definition) is 8. The van der Waals surface area contributed by atoms with Crippen LogP contribution in [0.2, 0.25) is 0 Å². The lowest BCUT2D eigenvalue weighted by Crippen LogP contribution is -2.46. The van der Waals surface area contributed by atoms with E-state index < -0.39 is 18.0 Å². The van der Waals surface area contributed by atoms with E-state index in [1.165, 1.54) is 17.9 Å². The molecule has 2 aliphatic heterocycles. The first kappa shape index (κ1) is 22.8. The van der Waals surface area contributed by atoms with Gasteiger partial charge >= 0.3 is 6.09 Å². The number of amides is 2. The standard InChI is InChI=1S/C23H25FN6O5/c1-15(31)25-12-18-14-29(23(32)34-18)17-3-5-21(19(24)11-17)28-8-6-27(7-9-28)13-16-2-4-22-20(10-16)26-35-30(22)33/h2-5,10-11,18H,6-9,12-14H2,1H3,(H,25,31)/t18-/m0/s1. The summed E-state index contributed by atoms with van der Waals surface area (Å²) < 4.78 is 24.9. The first-order chi connectivity index (χ1) is 16.9. The molecule has 0 bridgehead atoms. The number of carbonyl (C=O) groups is 2. The second-order valence-electron chi connectivity index (χ2n) is 8.71. The van der Waals surface area contributed by atoms with Crippen molar-refractivity contribution in [1.29, 1.82) is 0 Å². The zero-order chi connectivity index (χ0) is 24.5. The molecule has 0 saturated carbocycles. The second kappa shape index (κ2) is 9.37. The Balaban J connectivity index is 1.18. The van der Waals surface area contributed by atoms with Crippen molar-refractivity contribution in [2.24, 2.45) is 0 Å². The third-order valence-corrected chi connectivity index (χ3v) is 6.26. The van der Waals surface area contributed by atoms with Crippen LogP contribution in [-0.4, -0.2) is 67.4 Å². The first-order valence-corrected chi connectivity index (χ1v) is 11.3. The average molecular weight is 484 g/mol. The lowest BCUT2D eigenvalue weighted by Gasteiger charge is -2.36. The molecule has 2 fully saturated rings. The third kappa shape index (κ3) is 4.83. The molecular weight excluding hydrogens is 459 g/mol. The van der Waals surface area contributed by atoms with Crippen LogP contribution in [0.3, 0.4) is 0 Å². The predicted octanol–water partition coefficient (Wildman–Crippen LogP) is 1.38. The number of nitrogens with zero attached hydrogens (tertiary/aromatic N) is 5. The summed E-state index contributed by atoms with van der Waals surface area (Å²) in [5.74, 6) is -0.612. The van der Waals surface area contributed by atoms with Gasteiger partial charge in [-0.1, -0.05) is 6.07 Å². The van der Waals surface area contributed by atoms with E-state index in [0.29, 0.717) is 46.9 Å². The highest BCUT2D eigenvalue weighted by molar-refractivity contribution is 5.90. The fourth-order valence-electron chi connectivity index (χ4n) is 4.44. The van der Waals surface area contributed by atoms with Crippen LogP contribution in [0.25, 0.3) is 11.0 Å². The van der Waals surface area contributed by atoms with E-state index in [2.05, 4.69) is 20.0 Å². The largest absolute Gasteiger partial charge is 0.442 e. The number of rotatable bonds is 6. The summed E-state index contributed by atoms with van der Waals surface area (Å²) in [7, 11) is 0. The third-order valence-electron chi connectivity index (χ3n) is 6.26. The maximum absolute atomic E-state index is 15.0. The fraction of sp³-hybridized carbons (Fsp3) is 0.391. The molecule has 2 amide bonds. The quantitative estimate of drug-likeness (QED) is 0.522. The number of aromatic nitrogens is 2. The van der Waals surface area contributed by atoms with E-state index in [4.69, 9.17) is 4.74 Å². The zero-order valence-corrected chi connectivity index (χ0v) is 19.1. The van der Waals surface area contributed by atoms with Crippen LogP contribution in [-0.2, 0) is 16.1 Å². The highest BCUT2D eigenvalue weighted by Crippen LogP contribution is 2.28. The molecule has 0 aliphatic carbocycles. The molecule has 0 unspecified atom stereocenters. The molecule has 2 aromatic carbocycles. The average Bonchev–Trinajstić information content (AvgIpc) is 3.40. The molecule has 1 aromatic heterocycles. The number of cyclic esters (lactones) is 1. The van der Waals surface area contributed by atoms with Crippen molar-refractivity contribution in [3.05, 3.63) is 53.0 Å². The van der Waals surface area contributed by atoms with E-state index in [1.807, 2.05) is 17.0 Å². The molecule has 3 aromatic rings. The van der Waals surface area contributed by atoms with Gasteiger partial charge in [0, 0.05) is 50.9 Å². The molecular formula is C23H25FN6O5. The summed E-state index contributed by atoms with van der Waals surface area (Å²) >= 11 is 0. The Labute approximate surface area is 200 Å². The van der Waals surface area contributed by atoms with E-state index in [0.717, 1.165) is 18.7 Å². The van der Waals surface area contributed by atoms with Gasteiger partial charge in [-0.2, -0.15) is 0 Å². The van der Waals surface area contributed by atoms with Gasteiger partial charge in [0.25, 0.3) is 0 Å². The Morgan fingerprint density at radius 3 is 2.77 bits per heavy atom. The Bertz CT molecular complexity index is 1260. The number of piperazine rings is 1. The maximum atomic E-state index is 15.0. The van der Waals surface area contributed by atoms with Gasteiger partial charge in [0.1, 0.15) is 11.9 Å². The van der Waals surface area contributed by atoms with Crippen molar-refractivity contribution in [1.82, 2.24) is 15.4 Å². The summed E-state index contributed by atoms with van der Waals surface area (Å²) in [6, 6.07) is 10.2. The number of fused-ring (bicyclic) bond motifs is 1. The lowest BCUT2D eigenvalue weighted by molar-refractivity contribution is -0.782. The number of carbonyl (C=O) groups excluding carboxylic acids is 2. The molecule has 2 saturated heterocycles. The number of hydrogen-bond donors (Lipinski definition) is 1. The molecule has 35 heavy (non-hydrogen) atoms. The van der Waals surface area contributed by atoms with Crippen LogP contribution in [0.5, 0.6) is 0 Å². The summed E-state index contributed by atoms with van der Waals surface area (Å²) in [6.45, 7) is 5.31. The summed E-state index contributed by atoms with van der Waals surface area (Å²) in [6.07, 6.45) is -1.04. The minimum atomic E-state index is -0.560. The number of halogens is 1. The normalized spacial score (nSPS) is 18.8. The number of benzene rings is 2. The number of anilines is 2. The molecule has 2 aliphatic rings. The summed E-state index contributed by atoms with van der Waals surface area (Å²) in [5.41, 5.74) is 2.83. The Kier molecular flexibility index (Phi) is 6.12. The van der Waals surface area contributed by atoms with Crippen molar-refractivity contribution < 1.29 is 28.2 Å². The predicted molar refractivity (Wildman–Crippen MR) is 123 cm³/mol. The van der Waals surface area contributed by atoms with E-state index in [-0.39, 0.29) is 19.0 Å². The van der Waals surface area contributed by atoms with Crippen molar-refractivity contribution in [3.63, 3.8) is 0 Å². The fourth-order valence-corrected chi connectivity index (χ4v) is 4.44. The van der Waals surface area contributed by atoms with Crippen LogP contribution < -0.4 is 20.0 Å². The minimum Gasteiger partial charge on any atom is -0.442 e. The van der Waals surface area contributed by atoms with Crippen LogP contribution in [0.4, 0.5) is 20.6 Å². The summed E-state index contributed by atoms with van der Waals surface area (Å²) in [4.78, 5) is 29.3. The lowest BCUT2D eigenvalue weighted by atomic mass is 10.1. The molecule has 5 rings (SSSR count). The Hall–Kier alpha value is -3.93. The minimum absolute atomic E-state index is 0.206. The Morgan fingerprint density at radius 1 is 1.23 bits per heavy atom. The van der Waals surface area contributed by atoms with E-state index in [9.17, 15) is 14.8 Å². The molecule has 1 atom stereocenters. The van der Waals surface area contributed by atoms with Crippen LogP contribution in [0.15, 0.2) is 41.0 Å². The highest BCUT2D eigenvalue weighted by Gasteiger charge is 2.33. The highest BCUT2D eigenvalue weighted by atomic mass is 19.1. The van der Waals surface area contributed by atoms with Gasteiger partial charge in [-0.25, -0.2) is 9.18 Å². The van der Waals surface area contributed by atoms with Crippen LogP contribution in [0, 0.1) is 11.0 Å². The number of ether oxygens (including phenoxy) is 1. The maximum Gasteiger partial charge on any atom is 0.414 e. The Morgan fingerprint density at radius 2 is 2.03 bits per heavy atom. The van der Waals surface area contributed by atoms with Gasteiger partial charge in [-0.05, 0) is 34.7 Å². The molecule has 11 nitrogen and oxygen atoms in total. The number of nitrogens with one attached hydrogen (secondary N) is 1. The molecule has 12 heteroatoms. The van der Waals surface area contributed by atoms with Gasteiger partial charge < -0.3 is 20.2 Å².